The summed E-state index contributed by atoms with van der Waals surface area (Å²) >= 11 is 1.50. The summed E-state index contributed by atoms with van der Waals surface area (Å²) in [5.41, 5.74) is 1.19. The fourth-order valence-electron chi connectivity index (χ4n) is 2.47. The second-order valence-electron chi connectivity index (χ2n) is 5.26. The van der Waals surface area contributed by atoms with Crippen LogP contribution < -0.4 is 5.32 Å². The third-order valence-corrected chi connectivity index (χ3v) is 4.55. The van der Waals surface area contributed by atoms with Gasteiger partial charge >= 0.3 is 0 Å². The number of hydrogen-bond donors (Lipinski definition) is 2. The first-order valence-corrected chi connectivity index (χ1v) is 7.92. The first-order valence-electron chi connectivity index (χ1n) is 7.04. The minimum atomic E-state index is -0.729. The Morgan fingerprint density at radius 1 is 1.26 bits per heavy atom. The molecule has 0 amide bonds. The predicted molar refractivity (Wildman–Crippen MR) is 86.7 cm³/mol. The summed E-state index contributed by atoms with van der Waals surface area (Å²) in [6.45, 7) is 3.36. The number of nitrogens with one attached hydrogen (secondary N) is 1. The highest BCUT2D eigenvalue weighted by atomic mass is 32.1. The van der Waals surface area contributed by atoms with Gasteiger partial charge in [-0.2, -0.15) is 0 Å². The summed E-state index contributed by atoms with van der Waals surface area (Å²) in [5.74, 6) is -0.246. The highest BCUT2D eigenvalue weighted by molar-refractivity contribution is 7.17. The molecule has 1 unspecified atom stereocenters. The van der Waals surface area contributed by atoms with Crippen molar-refractivity contribution in [2.75, 3.05) is 11.9 Å². The van der Waals surface area contributed by atoms with Crippen molar-refractivity contribution in [1.29, 1.82) is 0 Å². The van der Waals surface area contributed by atoms with Gasteiger partial charge < -0.3 is 10.4 Å². The number of fused-ring (bicyclic) bond motifs is 1. The van der Waals surface area contributed by atoms with Crippen LogP contribution in [0.1, 0.15) is 23.0 Å². The van der Waals surface area contributed by atoms with Gasteiger partial charge in [0.1, 0.15) is 28.1 Å². The van der Waals surface area contributed by atoms with Crippen molar-refractivity contribution in [1.82, 2.24) is 9.97 Å². The molecule has 0 radical (unpaired) electrons. The van der Waals surface area contributed by atoms with Crippen LogP contribution in [0, 0.1) is 25.5 Å². The van der Waals surface area contributed by atoms with E-state index in [1.807, 2.05) is 12.3 Å². The zero-order chi connectivity index (χ0) is 16.6. The molecule has 0 saturated carbocycles. The molecular formula is C16H15F2N3OS. The summed E-state index contributed by atoms with van der Waals surface area (Å²) < 4.78 is 27.1. The summed E-state index contributed by atoms with van der Waals surface area (Å²) in [5, 5.41) is 15.5. The lowest BCUT2D eigenvalue weighted by molar-refractivity contribution is 0.273. The van der Waals surface area contributed by atoms with Crippen molar-refractivity contribution in [3.05, 3.63) is 52.2 Å². The molecule has 4 nitrogen and oxygen atoms in total. The lowest BCUT2D eigenvalue weighted by atomic mass is 10.1. The number of rotatable bonds is 4. The maximum absolute atomic E-state index is 14.0. The number of benzene rings is 1. The van der Waals surface area contributed by atoms with E-state index in [0.29, 0.717) is 11.6 Å². The van der Waals surface area contributed by atoms with Gasteiger partial charge in [-0.05, 0) is 30.9 Å². The molecule has 3 aromatic rings. The van der Waals surface area contributed by atoms with Gasteiger partial charge in [0.15, 0.2) is 0 Å². The van der Waals surface area contributed by atoms with Crippen LogP contribution in [0.4, 0.5) is 14.6 Å². The topological polar surface area (TPSA) is 58.0 Å². The summed E-state index contributed by atoms with van der Waals surface area (Å²) in [4.78, 5) is 9.57. The van der Waals surface area contributed by atoms with Crippen molar-refractivity contribution in [3.63, 3.8) is 0 Å². The maximum atomic E-state index is 14.0. The molecule has 2 aromatic heterocycles. The fourth-order valence-corrected chi connectivity index (χ4v) is 3.43. The molecule has 0 aliphatic carbocycles. The van der Waals surface area contributed by atoms with Crippen molar-refractivity contribution in [2.24, 2.45) is 0 Å². The molecule has 0 bridgehead atoms. The Kier molecular flexibility index (Phi) is 4.23. The van der Waals surface area contributed by atoms with E-state index in [-0.39, 0.29) is 12.2 Å². The fraction of sp³-hybridized carbons (Fsp3) is 0.250. The molecule has 0 aliphatic heterocycles. The van der Waals surface area contributed by atoms with E-state index in [1.165, 1.54) is 23.5 Å². The highest BCUT2D eigenvalue weighted by Crippen LogP contribution is 2.31. The Morgan fingerprint density at radius 3 is 2.74 bits per heavy atom. The molecule has 120 valence electrons. The number of aromatic nitrogens is 2. The molecule has 0 saturated heterocycles. The van der Waals surface area contributed by atoms with Crippen LogP contribution in [0.5, 0.6) is 0 Å². The zero-order valence-electron chi connectivity index (χ0n) is 12.6. The summed E-state index contributed by atoms with van der Waals surface area (Å²) in [6.07, 6.45) is 0. The SMILES string of the molecule is Cc1nc(NC(CO)c2ccc(F)cc2F)c2c(C)csc2n1. The quantitative estimate of drug-likeness (QED) is 0.763. The van der Waals surface area contributed by atoms with Crippen LogP contribution >= 0.6 is 11.3 Å². The smallest absolute Gasteiger partial charge is 0.139 e. The van der Waals surface area contributed by atoms with E-state index < -0.39 is 17.7 Å². The van der Waals surface area contributed by atoms with Crippen LogP contribution in [0.2, 0.25) is 0 Å². The molecule has 23 heavy (non-hydrogen) atoms. The lowest BCUT2D eigenvalue weighted by Gasteiger charge is -2.19. The average Bonchev–Trinajstić information content (AvgIpc) is 2.86. The first kappa shape index (κ1) is 15.8. The molecule has 2 heterocycles. The molecule has 0 fully saturated rings. The maximum Gasteiger partial charge on any atom is 0.139 e. The standard InChI is InChI=1S/C16H15F2N3OS/c1-8-7-23-16-14(8)15(19-9(2)20-16)21-13(6-22)11-4-3-10(17)5-12(11)18/h3-5,7,13,22H,6H2,1-2H3,(H,19,20,21). The van der Waals surface area contributed by atoms with Gasteiger partial charge in [0.2, 0.25) is 0 Å². The average molecular weight is 335 g/mol. The summed E-state index contributed by atoms with van der Waals surface area (Å²) in [6, 6.07) is 2.56. The van der Waals surface area contributed by atoms with Gasteiger partial charge in [-0.15, -0.1) is 11.3 Å². The highest BCUT2D eigenvalue weighted by Gasteiger charge is 2.19. The Balaban J connectivity index is 2.04. The van der Waals surface area contributed by atoms with Crippen LogP contribution in [0.15, 0.2) is 23.6 Å². The molecule has 7 heteroatoms. The van der Waals surface area contributed by atoms with Crippen molar-refractivity contribution in [2.45, 2.75) is 19.9 Å². The second kappa shape index (κ2) is 6.17. The minimum absolute atomic E-state index is 0.186. The van der Waals surface area contributed by atoms with Gasteiger partial charge in [-0.3, -0.25) is 0 Å². The second-order valence-corrected chi connectivity index (χ2v) is 6.12. The molecule has 1 atom stereocenters. The Morgan fingerprint density at radius 2 is 2.04 bits per heavy atom. The number of hydrogen-bond acceptors (Lipinski definition) is 5. The number of halogens is 2. The van der Waals surface area contributed by atoms with Gasteiger partial charge in [-0.25, -0.2) is 18.7 Å². The molecule has 3 rings (SSSR count). The van der Waals surface area contributed by atoms with E-state index >= 15 is 0 Å². The van der Waals surface area contributed by atoms with Crippen molar-refractivity contribution in [3.8, 4) is 0 Å². The van der Waals surface area contributed by atoms with Gasteiger partial charge in [0, 0.05) is 11.6 Å². The lowest BCUT2D eigenvalue weighted by Crippen LogP contribution is -2.18. The van der Waals surface area contributed by atoms with Crippen LogP contribution in [0.3, 0.4) is 0 Å². The molecule has 1 aromatic carbocycles. The number of aliphatic hydroxyl groups excluding tert-OH is 1. The van der Waals surface area contributed by atoms with Crippen LogP contribution in [-0.4, -0.2) is 21.7 Å². The molecule has 0 spiro atoms. The number of thiophene rings is 1. The van der Waals surface area contributed by atoms with Crippen LogP contribution in [-0.2, 0) is 0 Å². The van der Waals surface area contributed by atoms with Gasteiger partial charge in [0.05, 0.1) is 18.0 Å². The minimum Gasteiger partial charge on any atom is -0.394 e. The van der Waals surface area contributed by atoms with Crippen molar-refractivity contribution >= 4 is 27.4 Å². The Labute approximate surface area is 135 Å². The van der Waals surface area contributed by atoms with Crippen LogP contribution in [0.25, 0.3) is 10.2 Å². The third-order valence-electron chi connectivity index (χ3n) is 3.56. The number of aryl methyl sites for hydroxylation is 2. The summed E-state index contributed by atoms with van der Waals surface area (Å²) in [7, 11) is 0. The zero-order valence-corrected chi connectivity index (χ0v) is 13.4. The number of anilines is 1. The number of aliphatic hydroxyl groups is 1. The predicted octanol–water partition coefficient (Wildman–Crippen LogP) is 3.73. The van der Waals surface area contributed by atoms with Gasteiger partial charge in [0.25, 0.3) is 0 Å². The molecular weight excluding hydrogens is 320 g/mol. The third kappa shape index (κ3) is 3.02. The monoisotopic (exact) mass is 335 g/mol. The van der Waals surface area contributed by atoms with E-state index in [4.69, 9.17) is 0 Å². The van der Waals surface area contributed by atoms with E-state index in [1.54, 1.807) is 6.92 Å². The van der Waals surface area contributed by atoms with E-state index in [2.05, 4.69) is 15.3 Å². The largest absolute Gasteiger partial charge is 0.394 e. The first-order chi connectivity index (χ1) is 11.0. The van der Waals surface area contributed by atoms with E-state index in [9.17, 15) is 13.9 Å². The normalized spacial score (nSPS) is 12.6. The molecule has 0 aliphatic rings. The van der Waals surface area contributed by atoms with Gasteiger partial charge in [-0.1, -0.05) is 6.07 Å². The van der Waals surface area contributed by atoms with Crippen molar-refractivity contribution < 1.29 is 13.9 Å². The Hall–Kier alpha value is -2.12. The number of nitrogens with zero attached hydrogens (tertiary/aromatic N) is 2. The Bertz CT molecular complexity index is 866. The molecule has 2 N–H and O–H groups in total. The van der Waals surface area contributed by atoms with E-state index in [0.717, 1.165) is 21.8 Å².